The van der Waals surface area contributed by atoms with Gasteiger partial charge in [-0.2, -0.15) is 0 Å². The predicted molar refractivity (Wildman–Crippen MR) is 147 cm³/mol. The van der Waals surface area contributed by atoms with Gasteiger partial charge in [0, 0.05) is 25.3 Å². The lowest BCUT2D eigenvalue weighted by Gasteiger charge is -2.39. The molecule has 5 N–H and O–H groups in total. The molecule has 2 aliphatic rings. The van der Waals surface area contributed by atoms with Crippen molar-refractivity contribution in [2.45, 2.75) is 76.7 Å². The van der Waals surface area contributed by atoms with Gasteiger partial charge in [0.05, 0.1) is 6.33 Å². The number of benzene rings is 1. The molecule has 12 nitrogen and oxygen atoms in total. The van der Waals surface area contributed by atoms with Crippen LogP contribution in [-0.2, 0) is 14.9 Å². The van der Waals surface area contributed by atoms with Gasteiger partial charge < -0.3 is 30.9 Å². The number of anilines is 2. The molecule has 0 saturated carbocycles. The lowest BCUT2D eigenvalue weighted by molar-refractivity contribution is -0.177. The highest BCUT2D eigenvalue weighted by atomic mass is 16.6. The average molecular weight is 539 g/mol. The summed E-state index contributed by atoms with van der Waals surface area (Å²) in [6.07, 6.45) is 2.14. The highest BCUT2D eigenvalue weighted by molar-refractivity contribution is 5.89. The largest absolute Gasteiger partial charge is 0.386 e. The molecule has 2 saturated heterocycles. The van der Waals surface area contributed by atoms with E-state index >= 15 is 0 Å². The van der Waals surface area contributed by atoms with Crippen LogP contribution in [-0.4, -0.2) is 79.7 Å². The van der Waals surface area contributed by atoms with E-state index in [-0.39, 0.29) is 29.6 Å². The van der Waals surface area contributed by atoms with Crippen molar-refractivity contribution in [2.75, 3.05) is 30.7 Å². The van der Waals surface area contributed by atoms with E-state index in [4.69, 9.17) is 15.2 Å². The first-order valence-electron chi connectivity index (χ1n) is 13.4. The Morgan fingerprint density at radius 1 is 1.15 bits per heavy atom. The summed E-state index contributed by atoms with van der Waals surface area (Å²) in [7, 11) is 0. The Bertz CT molecular complexity index is 1290. The molecule has 5 atom stereocenters. The molecule has 3 aromatic rings. The Morgan fingerprint density at radius 2 is 1.92 bits per heavy atom. The molecule has 210 valence electrons. The molecule has 2 amide bonds. The number of aliphatic hydroxyl groups excluding tert-OH is 1. The number of imidazole rings is 1. The fraction of sp³-hybridized carbons (Fsp3) is 0.556. The third kappa shape index (κ3) is 5.83. The van der Waals surface area contributed by atoms with E-state index in [1.54, 1.807) is 10.9 Å². The van der Waals surface area contributed by atoms with Gasteiger partial charge in [0.25, 0.3) is 0 Å². The number of carbonyl (C=O) groups is 1. The van der Waals surface area contributed by atoms with Crippen molar-refractivity contribution in [3.8, 4) is 0 Å². The summed E-state index contributed by atoms with van der Waals surface area (Å²) in [6.45, 7) is 10.4. The van der Waals surface area contributed by atoms with Crippen LogP contribution in [0.5, 0.6) is 0 Å². The minimum absolute atomic E-state index is 0.0728. The van der Waals surface area contributed by atoms with Gasteiger partial charge >= 0.3 is 6.03 Å². The van der Waals surface area contributed by atoms with Crippen molar-refractivity contribution in [1.29, 1.82) is 0 Å². The van der Waals surface area contributed by atoms with Crippen LogP contribution < -0.4 is 16.4 Å². The van der Waals surface area contributed by atoms with Gasteiger partial charge in [-0.3, -0.25) is 9.47 Å². The van der Waals surface area contributed by atoms with Crippen molar-refractivity contribution in [3.63, 3.8) is 0 Å². The van der Waals surface area contributed by atoms with E-state index in [2.05, 4.69) is 51.3 Å². The van der Waals surface area contributed by atoms with Crippen molar-refractivity contribution in [1.82, 2.24) is 29.7 Å². The third-order valence-electron chi connectivity index (χ3n) is 7.42. The Labute approximate surface area is 227 Å². The summed E-state index contributed by atoms with van der Waals surface area (Å²) in [4.78, 5) is 27.0. The van der Waals surface area contributed by atoms with E-state index in [0.29, 0.717) is 24.3 Å². The first-order valence-corrected chi connectivity index (χ1v) is 13.4. The second kappa shape index (κ2) is 11.0. The van der Waals surface area contributed by atoms with E-state index < -0.39 is 18.4 Å². The number of aromatic nitrogens is 4. The van der Waals surface area contributed by atoms with E-state index in [9.17, 15) is 9.90 Å². The summed E-state index contributed by atoms with van der Waals surface area (Å²) in [5, 5.41) is 16.8. The molecular formula is C27H38N8O4. The minimum Gasteiger partial charge on any atom is -0.386 e. The maximum atomic E-state index is 12.3. The molecule has 39 heavy (non-hydrogen) atoms. The predicted octanol–water partition coefficient (Wildman–Crippen LogP) is 2.61. The van der Waals surface area contributed by atoms with Gasteiger partial charge in [0.2, 0.25) is 0 Å². The fourth-order valence-corrected chi connectivity index (χ4v) is 5.16. The van der Waals surface area contributed by atoms with E-state index in [1.165, 1.54) is 11.9 Å². The topological polar surface area (TPSA) is 153 Å². The lowest BCUT2D eigenvalue weighted by Crippen LogP contribution is -2.54. The van der Waals surface area contributed by atoms with Crippen LogP contribution in [0.15, 0.2) is 36.9 Å². The molecule has 0 radical (unpaired) electrons. The number of hydrogen-bond donors (Lipinski definition) is 4. The number of rotatable bonds is 7. The SMILES string of the molecule is CC1OC2C(CN1CCCCNC(=O)Nc1ccc(C(C)(C)C)cc1)OC(n1cnc3c(N)ncnc31)C2O. The van der Waals surface area contributed by atoms with Gasteiger partial charge in [-0.25, -0.2) is 19.7 Å². The molecular weight excluding hydrogens is 500 g/mol. The number of urea groups is 1. The molecule has 1 aromatic carbocycles. The standard InChI is InChI=1S/C27H38N8O4/c1-16-34(12-6-5-11-29-26(37)33-18-9-7-17(8-10-18)27(2,3)4)13-19-22(38-16)21(36)25(39-19)35-15-32-20-23(28)30-14-31-24(20)35/h7-10,14-16,19,21-22,25,36H,5-6,11-13H2,1-4H3,(H2,28,30,31)(H2,29,33,37). The van der Waals surface area contributed by atoms with Gasteiger partial charge in [0.1, 0.15) is 36.4 Å². The van der Waals surface area contributed by atoms with Crippen LogP contribution in [0.2, 0.25) is 0 Å². The van der Waals surface area contributed by atoms with Gasteiger partial charge in [-0.1, -0.05) is 32.9 Å². The zero-order valence-electron chi connectivity index (χ0n) is 22.9. The highest BCUT2D eigenvalue weighted by Gasteiger charge is 2.50. The third-order valence-corrected chi connectivity index (χ3v) is 7.42. The summed E-state index contributed by atoms with van der Waals surface area (Å²) in [5.41, 5.74) is 8.95. The van der Waals surface area contributed by atoms with Gasteiger partial charge in [0.15, 0.2) is 17.7 Å². The van der Waals surface area contributed by atoms with Crippen LogP contribution in [0.4, 0.5) is 16.3 Å². The summed E-state index contributed by atoms with van der Waals surface area (Å²) in [6, 6.07) is 7.72. The molecule has 2 aliphatic heterocycles. The Balaban J connectivity index is 1.07. The number of aliphatic hydroxyl groups is 1. The number of nitrogen functional groups attached to an aromatic ring is 1. The molecule has 0 spiro atoms. The maximum Gasteiger partial charge on any atom is 0.319 e. The first-order chi connectivity index (χ1) is 18.6. The number of nitrogens with zero attached hydrogens (tertiary/aromatic N) is 5. The second-order valence-electron chi connectivity index (χ2n) is 11.2. The molecule has 4 heterocycles. The molecule has 5 rings (SSSR count). The molecule has 5 unspecified atom stereocenters. The lowest BCUT2D eigenvalue weighted by atomic mass is 9.87. The number of nitrogens with one attached hydrogen (secondary N) is 2. The molecule has 2 aromatic heterocycles. The van der Waals surface area contributed by atoms with Crippen molar-refractivity contribution in [2.24, 2.45) is 0 Å². The van der Waals surface area contributed by atoms with Gasteiger partial charge in [-0.05, 0) is 42.9 Å². The fourth-order valence-electron chi connectivity index (χ4n) is 5.16. The monoisotopic (exact) mass is 538 g/mol. The zero-order chi connectivity index (χ0) is 27.7. The van der Waals surface area contributed by atoms with E-state index in [1.807, 2.05) is 31.2 Å². The Hall–Kier alpha value is -3.32. The Kier molecular flexibility index (Phi) is 7.72. The first kappa shape index (κ1) is 27.3. The van der Waals surface area contributed by atoms with Crippen LogP contribution in [0.25, 0.3) is 11.2 Å². The summed E-state index contributed by atoms with van der Waals surface area (Å²) >= 11 is 0. The molecule has 2 fully saturated rings. The van der Waals surface area contributed by atoms with Crippen LogP contribution in [0, 0.1) is 0 Å². The maximum absolute atomic E-state index is 12.3. The molecule has 0 bridgehead atoms. The van der Waals surface area contributed by atoms with Gasteiger partial charge in [-0.15, -0.1) is 0 Å². The number of amides is 2. The second-order valence-corrected chi connectivity index (χ2v) is 11.2. The highest BCUT2D eigenvalue weighted by Crippen LogP contribution is 2.37. The van der Waals surface area contributed by atoms with Crippen LogP contribution >= 0.6 is 0 Å². The zero-order valence-corrected chi connectivity index (χ0v) is 22.9. The molecule has 12 heteroatoms. The Morgan fingerprint density at radius 3 is 2.67 bits per heavy atom. The van der Waals surface area contributed by atoms with Crippen molar-refractivity contribution >= 4 is 28.7 Å². The number of hydrogen-bond acceptors (Lipinski definition) is 9. The minimum atomic E-state index is -0.874. The van der Waals surface area contributed by atoms with E-state index in [0.717, 1.165) is 25.1 Å². The number of ether oxygens (including phenoxy) is 2. The number of nitrogens with two attached hydrogens (primary N) is 1. The van der Waals surface area contributed by atoms with Crippen molar-refractivity contribution < 1.29 is 19.4 Å². The van der Waals surface area contributed by atoms with Crippen LogP contribution in [0.3, 0.4) is 0 Å². The van der Waals surface area contributed by atoms with Crippen molar-refractivity contribution in [3.05, 3.63) is 42.5 Å². The number of fused-ring (bicyclic) bond motifs is 2. The van der Waals surface area contributed by atoms with Crippen LogP contribution in [0.1, 0.15) is 52.3 Å². The smallest absolute Gasteiger partial charge is 0.319 e. The number of carbonyl (C=O) groups excluding carboxylic acids is 1. The summed E-state index contributed by atoms with van der Waals surface area (Å²) < 4.78 is 14.1. The molecule has 0 aliphatic carbocycles. The number of unbranched alkanes of at least 4 members (excludes halogenated alkanes) is 1. The quantitative estimate of drug-likeness (QED) is 0.333. The normalized spacial score (nSPS) is 25.5. The summed E-state index contributed by atoms with van der Waals surface area (Å²) in [5.74, 6) is 0.279. The average Bonchev–Trinajstić information content (AvgIpc) is 3.45.